The zero-order chi connectivity index (χ0) is 14.8. The Labute approximate surface area is 124 Å². The van der Waals surface area contributed by atoms with Crippen molar-refractivity contribution >= 4 is 22.6 Å². The van der Waals surface area contributed by atoms with Crippen molar-refractivity contribution in [2.75, 3.05) is 6.54 Å². The number of aliphatic imine (C=N–C) groups is 1. The van der Waals surface area contributed by atoms with Crippen molar-refractivity contribution in [3.63, 3.8) is 0 Å². The molecule has 0 radical (unpaired) electrons. The molecule has 0 saturated carbocycles. The molecule has 1 aliphatic rings. The molecule has 4 heteroatoms. The van der Waals surface area contributed by atoms with E-state index in [0.717, 1.165) is 10.9 Å². The van der Waals surface area contributed by atoms with Gasteiger partial charge in [-0.3, -0.25) is 15.1 Å². The van der Waals surface area contributed by atoms with E-state index in [1.807, 2.05) is 24.3 Å². The number of amides is 1. The van der Waals surface area contributed by atoms with Gasteiger partial charge in [0.2, 0.25) is 0 Å². The highest BCUT2D eigenvalue weighted by atomic mass is 16.2. The van der Waals surface area contributed by atoms with Gasteiger partial charge in [0, 0.05) is 6.54 Å². The molecule has 1 amide bonds. The number of benzene rings is 2. The summed E-state index contributed by atoms with van der Waals surface area (Å²) in [6, 6.07) is 13.9. The number of hydrogen-bond acceptors (Lipinski definition) is 2. The number of rotatable bonds is 3. The summed E-state index contributed by atoms with van der Waals surface area (Å²) in [5, 5.41) is 8.28. The number of carbonyl (C=O) groups is 1. The van der Waals surface area contributed by atoms with Crippen molar-refractivity contribution in [1.82, 2.24) is 10.6 Å². The summed E-state index contributed by atoms with van der Waals surface area (Å²) in [7, 11) is 0. The monoisotopic (exact) mass is 281 g/mol. The maximum absolute atomic E-state index is 12.1. The van der Waals surface area contributed by atoms with Crippen LogP contribution in [0.5, 0.6) is 0 Å². The zero-order valence-corrected chi connectivity index (χ0v) is 12.3. The van der Waals surface area contributed by atoms with E-state index in [4.69, 9.17) is 0 Å². The lowest BCUT2D eigenvalue weighted by Gasteiger charge is -2.09. The molecule has 1 atom stereocenters. The first-order chi connectivity index (χ1) is 10.1. The van der Waals surface area contributed by atoms with Crippen molar-refractivity contribution in [2.24, 2.45) is 10.9 Å². The van der Waals surface area contributed by atoms with Crippen LogP contribution in [-0.4, -0.2) is 18.4 Å². The number of nitrogens with zero attached hydrogens (tertiary/aromatic N) is 1. The minimum atomic E-state index is -0.361. The van der Waals surface area contributed by atoms with Gasteiger partial charge in [0.15, 0.2) is 5.96 Å². The number of carbonyl (C=O) groups excluding carboxylic acids is 1. The fraction of sp³-hybridized carbons (Fsp3) is 0.294. The molecule has 1 saturated heterocycles. The van der Waals surface area contributed by atoms with E-state index in [1.165, 1.54) is 5.39 Å². The Kier molecular flexibility index (Phi) is 3.60. The number of hydrogen-bond donors (Lipinski definition) is 2. The van der Waals surface area contributed by atoms with E-state index in [2.05, 4.69) is 47.7 Å². The molecule has 2 aromatic carbocycles. The standard InChI is InChI=1S/C17H19N3O/c1-11(2)10-18-17-19-15(16(21)20-17)14-8-7-12-5-3-4-6-13(12)9-14/h3-9,11,15H,10H2,1-2H3,(H2,18,19,20,21). The predicted octanol–water partition coefficient (Wildman–Crippen LogP) is 2.61. The molecule has 0 aromatic heterocycles. The van der Waals surface area contributed by atoms with E-state index < -0.39 is 0 Å². The highest BCUT2D eigenvalue weighted by molar-refractivity contribution is 6.07. The van der Waals surface area contributed by atoms with Gasteiger partial charge in [0.05, 0.1) is 0 Å². The van der Waals surface area contributed by atoms with Crippen LogP contribution in [0.2, 0.25) is 0 Å². The Balaban J connectivity index is 1.85. The van der Waals surface area contributed by atoms with Crippen molar-refractivity contribution in [3.8, 4) is 0 Å². The third kappa shape index (κ3) is 2.89. The fourth-order valence-corrected chi connectivity index (χ4v) is 2.41. The van der Waals surface area contributed by atoms with Gasteiger partial charge in [-0.2, -0.15) is 0 Å². The van der Waals surface area contributed by atoms with Crippen molar-refractivity contribution in [1.29, 1.82) is 0 Å². The minimum Gasteiger partial charge on any atom is -0.340 e. The van der Waals surface area contributed by atoms with Gasteiger partial charge in [-0.05, 0) is 28.3 Å². The maximum atomic E-state index is 12.1. The second-order valence-corrected chi connectivity index (χ2v) is 5.76. The molecule has 1 fully saturated rings. The third-order valence-corrected chi connectivity index (χ3v) is 3.51. The Bertz CT molecular complexity index is 706. The van der Waals surface area contributed by atoms with E-state index in [1.54, 1.807) is 0 Å². The zero-order valence-electron chi connectivity index (χ0n) is 12.3. The normalized spacial score (nSPS) is 20.0. The average Bonchev–Trinajstić information content (AvgIpc) is 2.86. The largest absolute Gasteiger partial charge is 0.340 e. The minimum absolute atomic E-state index is 0.0483. The number of nitrogens with one attached hydrogen (secondary N) is 2. The van der Waals surface area contributed by atoms with Gasteiger partial charge in [0.1, 0.15) is 6.04 Å². The molecule has 1 aliphatic heterocycles. The van der Waals surface area contributed by atoms with Crippen molar-refractivity contribution in [2.45, 2.75) is 19.9 Å². The SMILES string of the molecule is CC(C)CN=C1NC(=O)C(c2ccc3ccccc3c2)N1. The molecule has 0 bridgehead atoms. The Morgan fingerprint density at radius 2 is 1.90 bits per heavy atom. The highest BCUT2D eigenvalue weighted by Crippen LogP contribution is 2.22. The molecular formula is C17H19N3O. The molecule has 4 nitrogen and oxygen atoms in total. The number of guanidine groups is 1. The van der Waals surface area contributed by atoms with E-state index in [0.29, 0.717) is 18.4 Å². The summed E-state index contributed by atoms with van der Waals surface area (Å²) in [6.45, 7) is 4.90. The Morgan fingerprint density at radius 3 is 2.67 bits per heavy atom. The molecule has 1 heterocycles. The van der Waals surface area contributed by atoms with Crippen LogP contribution in [0, 0.1) is 5.92 Å². The Hall–Kier alpha value is -2.36. The molecular weight excluding hydrogens is 262 g/mol. The molecule has 0 spiro atoms. The molecule has 1 unspecified atom stereocenters. The molecule has 0 aliphatic carbocycles. The molecule has 21 heavy (non-hydrogen) atoms. The Morgan fingerprint density at radius 1 is 1.14 bits per heavy atom. The van der Waals surface area contributed by atoms with E-state index in [9.17, 15) is 4.79 Å². The lowest BCUT2D eigenvalue weighted by Crippen LogP contribution is -2.26. The van der Waals surface area contributed by atoms with Gasteiger partial charge in [0.25, 0.3) is 5.91 Å². The summed E-state index contributed by atoms with van der Waals surface area (Å²) >= 11 is 0. The van der Waals surface area contributed by atoms with Crippen LogP contribution in [0.4, 0.5) is 0 Å². The second kappa shape index (κ2) is 5.56. The molecule has 2 N–H and O–H groups in total. The van der Waals surface area contributed by atoms with Gasteiger partial charge in [-0.25, -0.2) is 0 Å². The molecule has 2 aromatic rings. The van der Waals surface area contributed by atoms with Gasteiger partial charge < -0.3 is 5.32 Å². The first-order valence-electron chi connectivity index (χ1n) is 7.24. The van der Waals surface area contributed by atoms with E-state index in [-0.39, 0.29) is 11.9 Å². The molecule has 108 valence electrons. The second-order valence-electron chi connectivity index (χ2n) is 5.76. The van der Waals surface area contributed by atoms with E-state index >= 15 is 0 Å². The van der Waals surface area contributed by atoms with Crippen LogP contribution in [0.15, 0.2) is 47.5 Å². The highest BCUT2D eigenvalue weighted by Gasteiger charge is 2.29. The summed E-state index contributed by atoms with van der Waals surface area (Å²) in [5.74, 6) is 0.996. The summed E-state index contributed by atoms with van der Waals surface area (Å²) in [4.78, 5) is 16.5. The quantitative estimate of drug-likeness (QED) is 0.908. The first kappa shape index (κ1) is 13.6. The smallest absolute Gasteiger partial charge is 0.253 e. The van der Waals surface area contributed by atoms with Crippen LogP contribution < -0.4 is 10.6 Å². The van der Waals surface area contributed by atoms with Crippen LogP contribution in [0.25, 0.3) is 10.8 Å². The van der Waals surface area contributed by atoms with Crippen molar-refractivity contribution in [3.05, 3.63) is 48.0 Å². The molecule has 3 rings (SSSR count). The average molecular weight is 281 g/mol. The number of fused-ring (bicyclic) bond motifs is 1. The lowest BCUT2D eigenvalue weighted by molar-refractivity contribution is -0.120. The van der Waals surface area contributed by atoms with Crippen LogP contribution in [0.3, 0.4) is 0 Å². The van der Waals surface area contributed by atoms with Gasteiger partial charge in [-0.1, -0.05) is 50.2 Å². The predicted molar refractivity (Wildman–Crippen MR) is 85.1 cm³/mol. The van der Waals surface area contributed by atoms with Crippen molar-refractivity contribution < 1.29 is 4.79 Å². The summed E-state index contributed by atoms with van der Waals surface area (Å²) in [6.07, 6.45) is 0. The maximum Gasteiger partial charge on any atom is 0.253 e. The van der Waals surface area contributed by atoms with Gasteiger partial charge in [-0.15, -0.1) is 0 Å². The van der Waals surface area contributed by atoms with Crippen LogP contribution in [-0.2, 0) is 4.79 Å². The third-order valence-electron chi connectivity index (χ3n) is 3.51. The topological polar surface area (TPSA) is 53.5 Å². The van der Waals surface area contributed by atoms with Crippen LogP contribution >= 0.6 is 0 Å². The van der Waals surface area contributed by atoms with Crippen LogP contribution in [0.1, 0.15) is 25.5 Å². The van der Waals surface area contributed by atoms with Gasteiger partial charge >= 0.3 is 0 Å². The lowest BCUT2D eigenvalue weighted by atomic mass is 10.0. The summed E-state index contributed by atoms with van der Waals surface area (Å²) in [5.41, 5.74) is 0.959. The summed E-state index contributed by atoms with van der Waals surface area (Å²) < 4.78 is 0. The fourth-order valence-electron chi connectivity index (χ4n) is 2.41. The first-order valence-corrected chi connectivity index (χ1v) is 7.24.